The van der Waals surface area contributed by atoms with Crippen LogP contribution in [0.2, 0.25) is 0 Å². The SMILES string of the molecule is CN(C)CC(C)(O)CNC(=O)c1ccncc1F. The van der Waals surface area contributed by atoms with E-state index < -0.39 is 17.3 Å². The fourth-order valence-electron chi connectivity index (χ4n) is 1.66. The van der Waals surface area contributed by atoms with E-state index in [4.69, 9.17) is 0 Å². The Kier molecular flexibility index (Phi) is 4.75. The Balaban J connectivity index is 2.59. The summed E-state index contributed by atoms with van der Waals surface area (Å²) in [5.41, 5.74) is -1.14. The molecule has 1 amide bonds. The number of pyridine rings is 1. The summed E-state index contributed by atoms with van der Waals surface area (Å²) in [5, 5.41) is 12.5. The second-order valence-corrected chi connectivity index (χ2v) is 4.77. The first-order chi connectivity index (χ1) is 8.32. The largest absolute Gasteiger partial charge is 0.387 e. The number of aromatic nitrogens is 1. The van der Waals surface area contributed by atoms with Crippen LogP contribution < -0.4 is 5.32 Å². The number of hydrogen-bond acceptors (Lipinski definition) is 4. The van der Waals surface area contributed by atoms with Crippen LogP contribution in [-0.2, 0) is 0 Å². The van der Waals surface area contributed by atoms with Crippen LogP contribution in [0.15, 0.2) is 18.5 Å². The van der Waals surface area contributed by atoms with Crippen LogP contribution in [0.5, 0.6) is 0 Å². The number of carbonyl (C=O) groups excluding carboxylic acids is 1. The van der Waals surface area contributed by atoms with E-state index in [2.05, 4.69) is 10.3 Å². The average Bonchev–Trinajstić information content (AvgIpc) is 2.25. The molecule has 0 aliphatic heterocycles. The lowest BCUT2D eigenvalue weighted by Crippen LogP contribution is -2.47. The van der Waals surface area contributed by atoms with E-state index >= 15 is 0 Å². The van der Waals surface area contributed by atoms with Crippen molar-refractivity contribution in [1.29, 1.82) is 0 Å². The second kappa shape index (κ2) is 5.88. The number of likely N-dealkylation sites (N-methyl/N-ethyl adjacent to an activating group) is 1. The molecule has 0 aromatic carbocycles. The Morgan fingerprint density at radius 1 is 1.61 bits per heavy atom. The number of carbonyl (C=O) groups is 1. The molecular formula is C12H18FN3O2. The molecule has 5 nitrogen and oxygen atoms in total. The van der Waals surface area contributed by atoms with Crippen molar-refractivity contribution in [3.63, 3.8) is 0 Å². The van der Waals surface area contributed by atoms with Crippen LogP contribution in [0.25, 0.3) is 0 Å². The smallest absolute Gasteiger partial charge is 0.254 e. The number of halogens is 1. The lowest BCUT2D eigenvalue weighted by atomic mass is 10.1. The highest BCUT2D eigenvalue weighted by Gasteiger charge is 2.23. The summed E-state index contributed by atoms with van der Waals surface area (Å²) < 4.78 is 13.3. The minimum atomic E-state index is -1.07. The molecule has 0 radical (unpaired) electrons. The normalized spacial score (nSPS) is 14.3. The minimum absolute atomic E-state index is 0.0474. The van der Waals surface area contributed by atoms with E-state index in [1.54, 1.807) is 11.8 Å². The molecule has 1 atom stereocenters. The summed E-state index contributed by atoms with van der Waals surface area (Å²) in [6, 6.07) is 1.30. The highest BCUT2D eigenvalue weighted by atomic mass is 19.1. The van der Waals surface area contributed by atoms with Crippen LogP contribution in [0.4, 0.5) is 4.39 Å². The van der Waals surface area contributed by atoms with Gasteiger partial charge in [0, 0.05) is 19.3 Å². The number of nitrogens with one attached hydrogen (secondary N) is 1. The molecule has 0 aliphatic carbocycles. The van der Waals surface area contributed by atoms with Crippen molar-refractivity contribution in [1.82, 2.24) is 15.2 Å². The first kappa shape index (κ1) is 14.5. The Morgan fingerprint density at radius 3 is 2.83 bits per heavy atom. The maximum atomic E-state index is 13.3. The predicted molar refractivity (Wildman–Crippen MR) is 65.7 cm³/mol. The highest BCUT2D eigenvalue weighted by molar-refractivity contribution is 5.94. The van der Waals surface area contributed by atoms with Crippen LogP contribution in [0, 0.1) is 5.82 Å². The van der Waals surface area contributed by atoms with Gasteiger partial charge in [-0.05, 0) is 27.1 Å². The third-order valence-electron chi connectivity index (χ3n) is 2.30. The molecule has 0 bridgehead atoms. The predicted octanol–water partition coefficient (Wildman–Crippen LogP) is 0.263. The zero-order valence-corrected chi connectivity index (χ0v) is 10.8. The standard InChI is InChI=1S/C12H18FN3O2/c1-12(18,8-16(2)3)7-15-11(17)9-4-5-14-6-10(9)13/h4-6,18H,7-8H2,1-3H3,(H,15,17). The number of rotatable bonds is 5. The van der Waals surface area contributed by atoms with Gasteiger partial charge in [0.15, 0.2) is 5.82 Å². The van der Waals surface area contributed by atoms with Gasteiger partial charge in [-0.25, -0.2) is 4.39 Å². The first-order valence-corrected chi connectivity index (χ1v) is 5.57. The summed E-state index contributed by atoms with van der Waals surface area (Å²) in [7, 11) is 3.64. The molecule has 0 saturated carbocycles. The molecule has 0 spiro atoms. The molecule has 0 fully saturated rings. The molecule has 2 N–H and O–H groups in total. The van der Waals surface area contributed by atoms with Crippen LogP contribution in [0.1, 0.15) is 17.3 Å². The van der Waals surface area contributed by atoms with E-state index in [1.807, 2.05) is 14.1 Å². The summed E-state index contributed by atoms with van der Waals surface area (Å²) in [4.78, 5) is 17.1. The maximum Gasteiger partial charge on any atom is 0.254 e. The third kappa shape index (κ3) is 4.38. The first-order valence-electron chi connectivity index (χ1n) is 5.57. The van der Waals surface area contributed by atoms with Crippen LogP contribution in [0.3, 0.4) is 0 Å². The van der Waals surface area contributed by atoms with E-state index in [9.17, 15) is 14.3 Å². The van der Waals surface area contributed by atoms with Crippen molar-refractivity contribution < 1.29 is 14.3 Å². The molecule has 1 heterocycles. The Bertz CT molecular complexity index is 422. The average molecular weight is 255 g/mol. The minimum Gasteiger partial charge on any atom is -0.387 e. The quantitative estimate of drug-likeness (QED) is 0.792. The lowest BCUT2D eigenvalue weighted by Gasteiger charge is -2.27. The summed E-state index contributed by atoms with van der Waals surface area (Å²) >= 11 is 0. The molecule has 1 unspecified atom stereocenters. The van der Waals surface area contributed by atoms with Gasteiger partial charge >= 0.3 is 0 Å². The van der Waals surface area contributed by atoms with Crippen molar-refractivity contribution in [3.8, 4) is 0 Å². The Labute approximate surface area is 106 Å². The van der Waals surface area contributed by atoms with Gasteiger partial charge in [0.25, 0.3) is 5.91 Å². The van der Waals surface area contributed by atoms with E-state index in [1.165, 1.54) is 12.3 Å². The van der Waals surface area contributed by atoms with E-state index in [0.717, 1.165) is 6.20 Å². The summed E-state index contributed by atoms with van der Waals surface area (Å²) in [6.45, 7) is 2.05. The zero-order chi connectivity index (χ0) is 13.8. The molecule has 6 heteroatoms. The van der Waals surface area contributed by atoms with Gasteiger partial charge < -0.3 is 15.3 Å². The molecule has 0 aliphatic rings. The lowest BCUT2D eigenvalue weighted by molar-refractivity contribution is 0.0325. The number of aliphatic hydroxyl groups is 1. The van der Waals surface area contributed by atoms with Gasteiger partial charge in [-0.1, -0.05) is 0 Å². The zero-order valence-electron chi connectivity index (χ0n) is 10.8. The molecule has 1 aromatic rings. The number of nitrogens with zero attached hydrogens (tertiary/aromatic N) is 2. The monoisotopic (exact) mass is 255 g/mol. The summed E-state index contributed by atoms with van der Waals surface area (Å²) in [5.74, 6) is -1.24. The maximum absolute atomic E-state index is 13.3. The fraction of sp³-hybridized carbons (Fsp3) is 0.500. The van der Waals surface area contributed by atoms with Gasteiger partial charge in [0.05, 0.1) is 17.4 Å². The van der Waals surface area contributed by atoms with E-state index in [-0.39, 0.29) is 12.1 Å². The molecule has 1 aromatic heterocycles. The number of amides is 1. The second-order valence-electron chi connectivity index (χ2n) is 4.77. The van der Waals surface area contributed by atoms with Gasteiger partial charge in [0.1, 0.15) is 0 Å². The molecular weight excluding hydrogens is 237 g/mol. The summed E-state index contributed by atoms with van der Waals surface area (Å²) in [6.07, 6.45) is 2.32. The Morgan fingerprint density at radius 2 is 2.28 bits per heavy atom. The van der Waals surface area contributed by atoms with Gasteiger partial charge in [-0.15, -0.1) is 0 Å². The molecule has 18 heavy (non-hydrogen) atoms. The van der Waals surface area contributed by atoms with Crippen LogP contribution >= 0.6 is 0 Å². The van der Waals surface area contributed by atoms with Gasteiger partial charge in [-0.3, -0.25) is 9.78 Å². The molecule has 1 rings (SSSR count). The van der Waals surface area contributed by atoms with Crippen molar-refractivity contribution in [2.45, 2.75) is 12.5 Å². The Hall–Kier alpha value is -1.53. The van der Waals surface area contributed by atoms with Crippen LogP contribution in [-0.4, -0.2) is 53.7 Å². The fourth-order valence-corrected chi connectivity index (χ4v) is 1.66. The highest BCUT2D eigenvalue weighted by Crippen LogP contribution is 2.06. The topological polar surface area (TPSA) is 65.5 Å². The van der Waals surface area contributed by atoms with Gasteiger partial charge in [0.2, 0.25) is 0 Å². The molecule has 100 valence electrons. The molecule has 0 saturated heterocycles. The van der Waals surface area contributed by atoms with Crippen molar-refractivity contribution in [3.05, 3.63) is 29.8 Å². The van der Waals surface area contributed by atoms with Crippen molar-refractivity contribution >= 4 is 5.91 Å². The third-order valence-corrected chi connectivity index (χ3v) is 2.30. The van der Waals surface area contributed by atoms with Crippen molar-refractivity contribution in [2.75, 3.05) is 27.2 Å². The van der Waals surface area contributed by atoms with Crippen molar-refractivity contribution in [2.24, 2.45) is 0 Å². The number of hydrogen-bond donors (Lipinski definition) is 2. The van der Waals surface area contributed by atoms with E-state index in [0.29, 0.717) is 6.54 Å². The van der Waals surface area contributed by atoms with Gasteiger partial charge in [-0.2, -0.15) is 0 Å².